The molecule has 0 atom stereocenters. The summed E-state index contributed by atoms with van der Waals surface area (Å²) in [4.78, 5) is 0. The highest BCUT2D eigenvalue weighted by Crippen LogP contribution is 2.14. The van der Waals surface area contributed by atoms with Gasteiger partial charge in [-0.2, -0.15) is 0 Å². The average Bonchev–Trinajstić information content (AvgIpc) is 2.26. The summed E-state index contributed by atoms with van der Waals surface area (Å²) in [5.74, 6) is 0.202. The number of nitrogens with one attached hydrogen (secondary N) is 1. The maximum atomic E-state index is 13.3. The molecule has 0 amide bonds. The van der Waals surface area contributed by atoms with Gasteiger partial charge in [-0.15, -0.1) is 11.6 Å². The fourth-order valence-corrected chi connectivity index (χ4v) is 1.46. The lowest BCUT2D eigenvalue weighted by molar-refractivity contribution is 0.150. The fraction of sp³-hybridized carbons (Fsp3) is 0.455. The molecule has 16 heavy (non-hydrogen) atoms. The maximum Gasteiger partial charge on any atom is 0.129 e. The van der Waals surface area contributed by atoms with Crippen LogP contribution in [0.2, 0.25) is 5.02 Å². The van der Waals surface area contributed by atoms with E-state index in [9.17, 15) is 4.39 Å². The van der Waals surface area contributed by atoms with Crippen molar-refractivity contribution in [2.24, 2.45) is 0 Å². The van der Waals surface area contributed by atoms with Crippen molar-refractivity contribution in [1.82, 2.24) is 5.32 Å². The highest BCUT2D eigenvalue weighted by molar-refractivity contribution is 6.30. The maximum absolute atomic E-state index is 13.3. The lowest BCUT2D eigenvalue weighted by atomic mass is 10.2. The van der Waals surface area contributed by atoms with Gasteiger partial charge in [-0.3, -0.25) is 0 Å². The van der Waals surface area contributed by atoms with Crippen LogP contribution >= 0.6 is 23.2 Å². The number of ether oxygens (including phenoxy) is 1. The topological polar surface area (TPSA) is 21.3 Å². The summed E-state index contributed by atoms with van der Waals surface area (Å²) < 4.78 is 18.5. The smallest absolute Gasteiger partial charge is 0.129 e. The molecule has 0 spiro atoms. The normalized spacial score (nSPS) is 10.7. The number of hydrogen-bond donors (Lipinski definition) is 1. The summed E-state index contributed by atoms with van der Waals surface area (Å²) in [6.45, 7) is 2.24. The van der Waals surface area contributed by atoms with Gasteiger partial charge in [0.05, 0.1) is 13.2 Å². The lowest BCUT2D eigenvalue weighted by Gasteiger charge is -2.06. The van der Waals surface area contributed by atoms with Crippen LogP contribution in [0.25, 0.3) is 0 Å². The number of halogens is 3. The Morgan fingerprint density at radius 2 is 2.12 bits per heavy atom. The largest absolute Gasteiger partial charge is 0.379 e. The molecule has 0 saturated heterocycles. The van der Waals surface area contributed by atoms with Gasteiger partial charge in [0.25, 0.3) is 0 Å². The van der Waals surface area contributed by atoms with Crippen LogP contribution in [0, 0.1) is 5.82 Å². The highest BCUT2D eigenvalue weighted by atomic mass is 35.5. The monoisotopic (exact) mass is 265 g/mol. The van der Waals surface area contributed by atoms with E-state index in [-0.39, 0.29) is 5.82 Å². The minimum absolute atomic E-state index is 0.290. The third-order valence-electron chi connectivity index (χ3n) is 1.98. The first-order valence-electron chi connectivity index (χ1n) is 5.02. The predicted octanol–water partition coefficient (Wildman–Crippen LogP) is 2.82. The Labute approximate surface area is 105 Å². The van der Waals surface area contributed by atoms with Gasteiger partial charge in [-0.1, -0.05) is 17.7 Å². The Morgan fingerprint density at radius 1 is 1.31 bits per heavy atom. The Bertz CT molecular complexity index is 323. The first-order valence-corrected chi connectivity index (χ1v) is 5.93. The molecular formula is C11H14Cl2FNO. The molecule has 0 radical (unpaired) electrons. The van der Waals surface area contributed by atoms with Gasteiger partial charge in [0.15, 0.2) is 0 Å². The number of benzene rings is 1. The average molecular weight is 266 g/mol. The highest BCUT2D eigenvalue weighted by Gasteiger charge is 2.01. The summed E-state index contributed by atoms with van der Waals surface area (Å²) in [6, 6.07) is 4.65. The summed E-state index contributed by atoms with van der Waals surface area (Å²) in [5.41, 5.74) is 0.599. The van der Waals surface area contributed by atoms with Crippen LogP contribution in [0.1, 0.15) is 5.56 Å². The first kappa shape index (κ1) is 13.7. The molecule has 0 heterocycles. The van der Waals surface area contributed by atoms with Crippen molar-refractivity contribution in [3.63, 3.8) is 0 Å². The number of alkyl halides is 1. The summed E-state index contributed by atoms with van der Waals surface area (Å²) in [5, 5.41) is 3.48. The van der Waals surface area contributed by atoms with E-state index in [1.165, 1.54) is 6.07 Å². The molecule has 0 aliphatic carbocycles. The molecular weight excluding hydrogens is 252 g/mol. The van der Waals surface area contributed by atoms with Gasteiger partial charge in [-0.25, -0.2) is 4.39 Å². The van der Waals surface area contributed by atoms with Gasteiger partial charge in [-0.05, 0) is 12.1 Å². The number of hydrogen-bond acceptors (Lipinski definition) is 2. The molecule has 0 aromatic heterocycles. The van der Waals surface area contributed by atoms with Crippen molar-refractivity contribution in [2.45, 2.75) is 6.54 Å². The minimum Gasteiger partial charge on any atom is -0.379 e. The van der Waals surface area contributed by atoms with Crippen LogP contribution in [-0.4, -0.2) is 25.6 Å². The molecule has 0 aliphatic heterocycles. The van der Waals surface area contributed by atoms with Crippen molar-refractivity contribution in [2.75, 3.05) is 25.6 Å². The Kier molecular flexibility index (Phi) is 6.73. The zero-order chi connectivity index (χ0) is 11.8. The Morgan fingerprint density at radius 3 is 2.81 bits per heavy atom. The minimum atomic E-state index is -0.290. The standard InChI is InChI=1S/C11H14Cl2FNO/c12-3-5-16-6-4-15-8-9-1-2-10(13)7-11(9)14/h1-2,7,15H,3-6,8H2. The van der Waals surface area contributed by atoms with Crippen LogP contribution in [0.4, 0.5) is 4.39 Å². The molecule has 1 aromatic rings. The molecule has 1 aromatic carbocycles. The predicted molar refractivity (Wildman–Crippen MR) is 64.7 cm³/mol. The van der Waals surface area contributed by atoms with E-state index in [1.54, 1.807) is 12.1 Å². The van der Waals surface area contributed by atoms with Crippen molar-refractivity contribution in [1.29, 1.82) is 0 Å². The third-order valence-corrected chi connectivity index (χ3v) is 2.36. The Hall–Kier alpha value is -0.350. The van der Waals surface area contributed by atoms with Gasteiger partial charge in [0.1, 0.15) is 5.82 Å². The van der Waals surface area contributed by atoms with Crippen LogP contribution in [0.5, 0.6) is 0 Å². The SMILES string of the molecule is Fc1cc(Cl)ccc1CNCCOCCCl. The van der Waals surface area contributed by atoms with Gasteiger partial charge in [0, 0.05) is 29.6 Å². The van der Waals surface area contributed by atoms with E-state index in [4.69, 9.17) is 27.9 Å². The van der Waals surface area contributed by atoms with Crippen LogP contribution in [0.3, 0.4) is 0 Å². The summed E-state index contributed by atoms with van der Waals surface area (Å²) in [6.07, 6.45) is 0. The van der Waals surface area contributed by atoms with Crippen LogP contribution < -0.4 is 5.32 Å². The summed E-state index contributed by atoms with van der Waals surface area (Å²) in [7, 11) is 0. The van der Waals surface area contributed by atoms with Crippen LogP contribution in [-0.2, 0) is 11.3 Å². The molecule has 1 N–H and O–H groups in total. The van der Waals surface area contributed by atoms with E-state index in [2.05, 4.69) is 5.32 Å². The molecule has 1 rings (SSSR count). The van der Waals surface area contributed by atoms with E-state index in [0.29, 0.717) is 42.8 Å². The summed E-state index contributed by atoms with van der Waals surface area (Å²) >= 11 is 11.1. The second-order valence-electron chi connectivity index (χ2n) is 3.21. The molecule has 0 fully saturated rings. The quantitative estimate of drug-likeness (QED) is 0.605. The second kappa shape index (κ2) is 7.85. The van der Waals surface area contributed by atoms with Crippen molar-refractivity contribution >= 4 is 23.2 Å². The van der Waals surface area contributed by atoms with E-state index < -0.39 is 0 Å². The zero-order valence-electron chi connectivity index (χ0n) is 8.81. The molecule has 0 unspecified atom stereocenters. The van der Waals surface area contributed by atoms with E-state index >= 15 is 0 Å². The third kappa shape index (κ3) is 5.12. The van der Waals surface area contributed by atoms with Crippen molar-refractivity contribution in [3.8, 4) is 0 Å². The van der Waals surface area contributed by atoms with Gasteiger partial charge in [0.2, 0.25) is 0 Å². The van der Waals surface area contributed by atoms with Gasteiger partial charge < -0.3 is 10.1 Å². The lowest BCUT2D eigenvalue weighted by Crippen LogP contribution is -2.20. The first-order chi connectivity index (χ1) is 7.74. The number of rotatable bonds is 7. The molecule has 0 aliphatic rings. The van der Waals surface area contributed by atoms with Crippen LogP contribution in [0.15, 0.2) is 18.2 Å². The molecule has 0 saturated carbocycles. The van der Waals surface area contributed by atoms with Crippen molar-refractivity contribution in [3.05, 3.63) is 34.6 Å². The van der Waals surface area contributed by atoms with E-state index in [0.717, 1.165) is 0 Å². The second-order valence-corrected chi connectivity index (χ2v) is 4.03. The molecule has 2 nitrogen and oxygen atoms in total. The molecule has 0 bridgehead atoms. The van der Waals surface area contributed by atoms with Gasteiger partial charge >= 0.3 is 0 Å². The molecule has 5 heteroatoms. The van der Waals surface area contributed by atoms with Crippen molar-refractivity contribution < 1.29 is 9.13 Å². The fourth-order valence-electron chi connectivity index (χ4n) is 1.19. The zero-order valence-corrected chi connectivity index (χ0v) is 10.3. The Balaban J connectivity index is 2.21. The molecule has 90 valence electrons. The van der Waals surface area contributed by atoms with E-state index in [1.807, 2.05) is 0 Å².